The van der Waals surface area contributed by atoms with Gasteiger partial charge < -0.3 is 9.88 Å². The van der Waals surface area contributed by atoms with Crippen LogP contribution in [0.2, 0.25) is 0 Å². The van der Waals surface area contributed by atoms with Gasteiger partial charge in [-0.05, 0) is 68.2 Å². The molecule has 0 aliphatic rings. The lowest BCUT2D eigenvalue weighted by molar-refractivity contribution is 0.410. The predicted octanol–water partition coefficient (Wildman–Crippen LogP) is 4.93. The lowest BCUT2D eigenvalue weighted by Crippen LogP contribution is -2.32. The Balaban J connectivity index is 1.84. The third-order valence-electron chi connectivity index (χ3n) is 5.66. The molecule has 2 aromatic carbocycles. The van der Waals surface area contributed by atoms with Gasteiger partial charge in [0.25, 0.3) is 0 Å². The maximum absolute atomic E-state index is 13.3. The molecule has 1 heterocycles. The van der Waals surface area contributed by atoms with Crippen molar-refractivity contribution in [3.63, 3.8) is 0 Å². The zero-order valence-electron chi connectivity index (χ0n) is 20.4. The summed E-state index contributed by atoms with van der Waals surface area (Å²) < 4.78 is 30.0. The van der Waals surface area contributed by atoms with Gasteiger partial charge in [0.05, 0.1) is 11.1 Å². The van der Waals surface area contributed by atoms with Crippen LogP contribution in [-0.2, 0) is 17.1 Å². The summed E-state index contributed by atoms with van der Waals surface area (Å²) in [6.45, 7) is 9.02. The Bertz CT molecular complexity index is 1290. The van der Waals surface area contributed by atoms with Gasteiger partial charge in [0.1, 0.15) is 0 Å². The number of para-hydroxylation sites is 1. The van der Waals surface area contributed by atoms with E-state index in [9.17, 15) is 8.42 Å². The monoisotopic (exact) mass is 499 g/mol. The third kappa shape index (κ3) is 5.65. The lowest BCUT2D eigenvalue weighted by Gasteiger charge is -2.21. The van der Waals surface area contributed by atoms with Crippen LogP contribution < -0.4 is 10.7 Å². The molecule has 0 aliphatic heterocycles. The molecule has 0 bridgehead atoms. The van der Waals surface area contributed by atoms with E-state index >= 15 is 0 Å². The van der Waals surface area contributed by atoms with Gasteiger partial charge in [-0.3, -0.25) is 5.43 Å². The van der Waals surface area contributed by atoms with Gasteiger partial charge in [-0.1, -0.05) is 32.0 Å². The SMILES string of the molecule is CCCN(CCC)S(=O)(=O)c1ccc2c(c1)c(/C=N\NC(=S)Nc1c(C)cccc1C)cn2C. The number of hydrogen-bond donors (Lipinski definition) is 2. The maximum Gasteiger partial charge on any atom is 0.243 e. The Hall–Kier alpha value is -2.75. The van der Waals surface area contributed by atoms with E-state index in [2.05, 4.69) is 15.8 Å². The summed E-state index contributed by atoms with van der Waals surface area (Å²) >= 11 is 5.39. The first-order valence-corrected chi connectivity index (χ1v) is 13.3. The number of aryl methyl sites for hydroxylation is 3. The summed E-state index contributed by atoms with van der Waals surface area (Å²) in [5.41, 5.74) is 7.73. The van der Waals surface area contributed by atoms with Crippen LogP contribution in [0.4, 0.5) is 5.69 Å². The largest absolute Gasteiger partial charge is 0.350 e. The van der Waals surface area contributed by atoms with E-state index < -0.39 is 10.0 Å². The molecule has 0 aliphatic carbocycles. The highest BCUT2D eigenvalue weighted by molar-refractivity contribution is 7.89. The van der Waals surface area contributed by atoms with Crippen LogP contribution in [0, 0.1) is 13.8 Å². The van der Waals surface area contributed by atoms with Crippen LogP contribution in [0.15, 0.2) is 52.6 Å². The third-order valence-corrected chi connectivity index (χ3v) is 7.75. The van der Waals surface area contributed by atoms with E-state index in [4.69, 9.17) is 12.2 Å². The number of thiocarbonyl (C=S) groups is 1. The second-order valence-corrected chi connectivity index (χ2v) is 10.7. The predicted molar refractivity (Wildman–Crippen MR) is 145 cm³/mol. The second-order valence-electron chi connectivity index (χ2n) is 8.37. The maximum atomic E-state index is 13.3. The van der Waals surface area contributed by atoms with E-state index in [1.807, 2.05) is 69.8 Å². The van der Waals surface area contributed by atoms with Gasteiger partial charge in [0, 0.05) is 48.5 Å². The highest BCUT2D eigenvalue weighted by Gasteiger charge is 2.24. The Morgan fingerprint density at radius 3 is 2.38 bits per heavy atom. The van der Waals surface area contributed by atoms with Gasteiger partial charge in [-0.2, -0.15) is 9.41 Å². The first kappa shape index (κ1) is 25.9. The number of nitrogens with zero attached hydrogens (tertiary/aromatic N) is 3. The highest BCUT2D eigenvalue weighted by Crippen LogP contribution is 2.25. The fourth-order valence-electron chi connectivity index (χ4n) is 3.98. The lowest BCUT2D eigenvalue weighted by atomic mass is 10.1. The van der Waals surface area contributed by atoms with E-state index in [1.54, 1.807) is 22.7 Å². The van der Waals surface area contributed by atoms with Crippen LogP contribution in [0.3, 0.4) is 0 Å². The van der Waals surface area contributed by atoms with Crippen molar-refractivity contribution in [3.8, 4) is 0 Å². The van der Waals surface area contributed by atoms with Crippen LogP contribution in [-0.4, -0.2) is 41.7 Å². The summed E-state index contributed by atoms with van der Waals surface area (Å²) in [6.07, 6.45) is 5.12. The van der Waals surface area contributed by atoms with Gasteiger partial charge in [-0.25, -0.2) is 8.42 Å². The topological polar surface area (TPSA) is 78.7 Å². The Kier molecular flexibility index (Phi) is 8.46. The molecule has 0 spiro atoms. The van der Waals surface area contributed by atoms with E-state index in [0.29, 0.717) is 23.1 Å². The molecular weight excluding hydrogens is 466 g/mol. The molecule has 3 aromatic rings. The molecule has 0 atom stereocenters. The number of benzene rings is 2. The van der Waals surface area contributed by atoms with Crippen molar-refractivity contribution in [1.82, 2.24) is 14.3 Å². The summed E-state index contributed by atoms with van der Waals surface area (Å²) in [5, 5.41) is 8.68. The number of anilines is 1. The van der Waals surface area contributed by atoms with Gasteiger partial charge in [0.15, 0.2) is 5.11 Å². The van der Waals surface area contributed by atoms with Gasteiger partial charge in [0.2, 0.25) is 10.0 Å². The molecule has 3 rings (SSSR count). The first-order chi connectivity index (χ1) is 16.2. The Labute approximate surface area is 207 Å². The molecule has 7 nitrogen and oxygen atoms in total. The zero-order chi connectivity index (χ0) is 24.9. The van der Waals surface area contributed by atoms with E-state index in [0.717, 1.165) is 46.1 Å². The molecule has 1 aromatic heterocycles. The number of nitrogens with one attached hydrogen (secondary N) is 2. The molecule has 0 radical (unpaired) electrons. The molecule has 0 unspecified atom stereocenters. The van der Waals surface area contributed by atoms with Gasteiger partial charge >= 0.3 is 0 Å². The van der Waals surface area contributed by atoms with Crippen molar-refractivity contribution in [2.45, 2.75) is 45.4 Å². The molecule has 9 heteroatoms. The summed E-state index contributed by atoms with van der Waals surface area (Å²) in [5.74, 6) is 0. The number of hydrogen-bond acceptors (Lipinski definition) is 4. The van der Waals surface area contributed by atoms with Crippen molar-refractivity contribution in [2.75, 3.05) is 18.4 Å². The fraction of sp³-hybridized carbons (Fsp3) is 0.360. The molecule has 2 N–H and O–H groups in total. The number of rotatable bonds is 9. The second kappa shape index (κ2) is 11.1. The molecule has 0 fully saturated rings. The molecular formula is C25H33N5O2S2. The van der Waals surface area contributed by atoms with Crippen LogP contribution >= 0.6 is 12.2 Å². The average molecular weight is 500 g/mol. The van der Waals surface area contributed by atoms with Crippen molar-refractivity contribution in [3.05, 3.63) is 59.3 Å². The fourth-order valence-corrected chi connectivity index (χ4v) is 5.78. The number of hydrazone groups is 1. The number of aromatic nitrogens is 1. The van der Waals surface area contributed by atoms with E-state index in [1.165, 1.54) is 0 Å². The average Bonchev–Trinajstić information content (AvgIpc) is 3.11. The molecule has 182 valence electrons. The van der Waals surface area contributed by atoms with Crippen molar-refractivity contribution in [2.24, 2.45) is 12.1 Å². The molecule has 0 saturated carbocycles. The normalized spacial score (nSPS) is 12.1. The minimum atomic E-state index is -3.57. The van der Waals surface area contributed by atoms with E-state index in [-0.39, 0.29) is 0 Å². The quantitative estimate of drug-likeness (QED) is 0.248. The summed E-state index contributed by atoms with van der Waals surface area (Å²) in [6, 6.07) is 11.3. The molecule has 0 amide bonds. The van der Waals surface area contributed by atoms with Crippen molar-refractivity contribution >= 4 is 50.2 Å². The smallest absolute Gasteiger partial charge is 0.243 e. The minimum Gasteiger partial charge on any atom is -0.350 e. The first-order valence-electron chi connectivity index (χ1n) is 11.4. The van der Waals surface area contributed by atoms with Crippen molar-refractivity contribution in [1.29, 1.82) is 0 Å². The van der Waals surface area contributed by atoms with Gasteiger partial charge in [-0.15, -0.1) is 0 Å². The Morgan fingerprint density at radius 2 is 1.76 bits per heavy atom. The molecule has 34 heavy (non-hydrogen) atoms. The summed E-state index contributed by atoms with van der Waals surface area (Å²) in [4.78, 5) is 0.294. The van der Waals surface area contributed by atoms with Crippen LogP contribution in [0.1, 0.15) is 43.4 Å². The number of fused-ring (bicyclic) bond motifs is 1. The highest BCUT2D eigenvalue weighted by atomic mass is 32.2. The molecule has 0 saturated heterocycles. The van der Waals surface area contributed by atoms with Crippen LogP contribution in [0.5, 0.6) is 0 Å². The summed E-state index contributed by atoms with van der Waals surface area (Å²) in [7, 11) is -1.64. The van der Waals surface area contributed by atoms with Crippen LogP contribution in [0.25, 0.3) is 10.9 Å². The van der Waals surface area contributed by atoms with Crippen molar-refractivity contribution < 1.29 is 8.42 Å². The minimum absolute atomic E-state index is 0.294. The number of sulfonamides is 1. The zero-order valence-corrected chi connectivity index (χ0v) is 22.1. The Morgan fingerprint density at radius 1 is 1.12 bits per heavy atom. The standard InChI is InChI=1S/C25H33N5O2S2/c1-6-13-30(14-7-2)34(31,32)21-11-12-23-22(15-21)20(17-29(23)5)16-26-28-25(33)27-24-18(3)9-8-10-19(24)4/h8-12,15-17H,6-7,13-14H2,1-5H3,(H2,27,28,33)/b26-16-.